The molecule has 0 saturated carbocycles. The van der Waals surface area contributed by atoms with E-state index in [1.807, 2.05) is 32.9 Å². The topological polar surface area (TPSA) is 42.4 Å². The lowest BCUT2D eigenvalue weighted by molar-refractivity contribution is 0.0710. The smallest absolute Gasteiger partial charge is 0.141 e. The minimum atomic E-state index is -1.24. The third-order valence-electron chi connectivity index (χ3n) is 3.85. The zero-order chi connectivity index (χ0) is 15.6. The third-order valence-corrected chi connectivity index (χ3v) is 3.85. The van der Waals surface area contributed by atoms with Gasteiger partial charge in [0.1, 0.15) is 17.2 Å². The molecular weight excluding hydrogens is 269 g/mol. The van der Waals surface area contributed by atoms with Crippen molar-refractivity contribution in [3.05, 3.63) is 58.7 Å². The fraction of sp³-hybridized carbons (Fsp3) is 0.353. The number of pyridine rings is 1. The Hall–Kier alpha value is -1.94. The molecule has 1 heterocycles. The number of aliphatic hydroxyl groups is 1. The van der Waals surface area contributed by atoms with E-state index in [2.05, 4.69) is 4.98 Å². The Labute approximate surface area is 124 Å². The highest BCUT2D eigenvalue weighted by atomic mass is 19.1. The number of hydrogen-bond acceptors (Lipinski definition) is 3. The first-order chi connectivity index (χ1) is 9.92. The van der Waals surface area contributed by atoms with Gasteiger partial charge in [-0.3, -0.25) is 4.98 Å². The number of hydrogen-bond donors (Lipinski definition) is 1. The normalized spacial score (nSPS) is 13.8. The molecule has 2 rings (SSSR count). The Morgan fingerprint density at radius 2 is 1.95 bits per heavy atom. The van der Waals surface area contributed by atoms with E-state index in [-0.39, 0.29) is 0 Å². The van der Waals surface area contributed by atoms with Crippen LogP contribution in [0.3, 0.4) is 0 Å². The Morgan fingerprint density at radius 3 is 2.48 bits per heavy atom. The van der Waals surface area contributed by atoms with Crippen LogP contribution in [0.15, 0.2) is 30.5 Å². The maximum Gasteiger partial charge on any atom is 0.141 e. The molecule has 0 spiro atoms. The molecule has 0 aliphatic rings. The lowest BCUT2D eigenvalue weighted by Crippen LogP contribution is -2.28. The molecule has 0 bridgehead atoms. The standard InChI is InChI=1S/C17H20FNO2/c1-5-17(20,16-7-6-13(18)10-19-16)14-8-12(3)15(21-4)9-11(14)2/h6-10,20H,5H2,1-4H3. The maximum absolute atomic E-state index is 13.1. The van der Waals surface area contributed by atoms with Crippen molar-refractivity contribution in [2.75, 3.05) is 7.11 Å². The van der Waals surface area contributed by atoms with Crippen LogP contribution in [-0.2, 0) is 5.60 Å². The van der Waals surface area contributed by atoms with Crippen LogP contribution in [0.5, 0.6) is 5.75 Å². The van der Waals surface area contributed by atoms with Crippen molar-refractivity contribution in [2.24, 2.45) is 0 Å². The SMILES string of the molecule is CCC(O)(c1ccc(F)cn1)c1cc(C)c(OC)cc1C. The van der Waals surface area contributed by atoms with Gasteiger partial charge in [-0.05, 0) is 61.2 Å². The highest BCUT2D eigenvalue weighted by Crippen LogP contribution is 2.36. The van der Waals surface area contributed by atoms with Crippen molar-refractivity contribution in [2.45, 2.75) is 32.8 Å². The number of halogens is 1. The molecule has 0 saturated heterocycles. The van der Waals surface area contributed by atoms with Crippen LogP contribution in [0, 0.1) is 19.7 Å². The summed E-state index contributed by atoms with van der Waals surface area (Å²) in [7, 11) is 1.62. The van der Waals surface area contributed by atoms with Crippen LogP contribution < -0.4 is 4.74 Å². The summed E-state index contributed by atoms with van der Waals surface area (Å²) in [5, 5.41) is 11.1. The van der Waals surface area contributed by atoms with Gasteiger partial charge in [0.05, 0.1) is 19.0 Å². The predicted octanol–water partition coefficient (Wildman–Crippen LogP) is 3.49. The largest absolute Gasteiger partial charge is 0.496 e. The van der Waals surface area contributed by atoms with E-state index in [0.29, 0.717) is 12.1 Å². The van der Waals surface area contributed by atoms with Crippen LogP contribution in [0.2, 0.25) is 0 Å². The highest BCUT2D eigenvalue weighted by molar-refractivity contribution is 5.46. The summed E-state index contributed by atoms with van der Waals surface area (Å²) in [5.74, 6) is 0.363. The average Bonchev–Trinajstić information content (AvgIpc) is 2.49. The molecule has 21 heavy (non-hydrogen) atoms. The monoisotopic (exact) mass is 289 g/mol. The number of methoxy groups -OCH3 is 1. The first-order valence-corrected chi connectivity index (χ1v) is 6.92. The van der Waals surface area contributed by atoms with Gasteiger partial charge in [0.2, 0.25) is 0 Å². The van der Waals surface area contributed by atoms with E-state index in [1.165, 1.54) is 12.1 Å². The summed E-state index contributed by atoms with van der Waals surface area (Å²) in [5.41, 5.74) is 1.82. The van der Waals surface area contributed by atoms with Crippen molar-refractivity contribution in [1.82, 2.24) is 4.98 Å². The van der Waals surface area contributed by atoms with E-state index < -0.39 is 11.4 Å². The van der Waals surface area contributed by atoms with Gasteiger partial charge in [-0.2, -0.15) is 0 Å². The van der Waals surface area contributed by atoms with Gasteiger partial charge in [-0.25, -0.2) is 4.39 Å². The molecule has 112 valence electrons. The first-order valence-electron chi connectivity index (χ1n) is 6.92. The molecule has 4 heteroatoms. The molecule has 1 atom stereocenters. The number of aryl methyl sites for hydroxylation is 2. The van der Waals surface area contributed by atoms with E-state index in [9.17, 15) is 9.50 Å². The molecule has 1 aromatic heterocycles. The van der Waals surface area contributed by atoms with Crippen LogP contribution in [0.1, 0.15) is 35.7 Å². The van der Waals surface area contributed by atoms with Crippen LogP contribution in [0.4, 0.5) is 4.39 Å². The number of rotatable bonds is 4. The summed E-state index contributed by atoms with van der Waals surface area (Å²) in [6.07, 6.45) is 1.57. The minimum Gasteiger partial charge on any atom is -0.496 e. The predicted molar refractivity (Wildman–Crippen MR) is 80.0 cm³/mol. The highest BCUT2D eigenvalue weighted by Gasteiger charge is 2.33. The fourth-order valence-corrected chi connectivity index (χ4v) is 2.59. The molecule has 0 radical (unpaired) electrons. The molecule has 0 fully saturated rings. The van der Waals surface area contributed by atoms with Crippen molar-refractivity contribution < 1.29 is 14.2 Å². The summed E-state index contributed by atoms with van der Waals surface area (Å²) in [6, 6.07) is 6.64. The Bertz CT molecular complexity index is 640. The van der Waals surface area contributed by atoms with E-state index in [4.69, 9.17) is 4.74 Å². The number of benzene rings is 1. The van der Waals surface area contributed by atoms with E-state index in [0.717, 1.165) is 28.6 Å². The molecule has 0 aliphatic heterocycles. The zero-order valence-electron chi connectivity index (χ0n) is 12.8. The Balaban J connectivity index is 2.59. The third kappa shape index (κ3) is 2.76. The second-order valence-corrected chi connectivity index (χ2v) is 5.21. The van der Waals surface area contributed by atoms with E-state index >= 15 is 0 Å². The molecule has 0 aliphatic carbocycles. The van der Waals surface area contributed by atoms with Crippen molar-refractivity contribution in [3.63, 3.8) is 0 Å². The molecule has 1 aromatic carbocycles. The zero-order valence-corrected chi connectivity index (χ0v) is 12.8. The van der Waals surface area contributed by atoms with E-state index in [1.54, 1.807) is 7.11 Å². The number of nitrogens with zero attached hydrogens (tertiary/aromatic N) is 1. The van der Waals surface area contributed by atoms with Gasteiger partial charge in [0.15, 0.2) is 0 Å². The average molecular weight is 289 g/mol. The lowest BCUT2D eigenvalue weighted by Gasteiger charge is -2.29. The van der Waals surface area contributed by atoms with Gasteiger partial charge < -0.3 is 9.84 Å². The first kappa shape index (κ1) is 15.4. The fourth-order valence-electron chi connectivity index (χ4n) is 2.59. The van der Waals surface area contributed by atoms with Crippen LogP contribution in [0.25, 0.3) is 0 Å². The van der Waals surface area contributed by atoms with Gasteiger partial charge >= 0.3 is 0 Å². The molecule has 3 nitrogen and oxygen atoms in total. The summed E-state index contributed by atoms with van der Waals surface area (Å²) < 4.78 is 18.4. The minimum absolute atomic E-state index is 0.417. The molecule has 1 N–H and O–H groups in total. The van der Waals surface area contributed by atoms with Crippen molar-refractivity contribution in [1.29, 1.82) is 0 Å². The maximum atomic E-state index is 13.1. The van der Waals surface area contributed by atoms with Crippen molar-refractivity contribution in [3.8, 4) is 5.75 Å². The quantitative estimate of drug-likeness (QED) is 0.937. The van der Waals surface area contributed by atoms with Crippen molar-refractivity contribution >= 4 is 0 Å². The molecule has 1 unspecified atom stereocenters. The van der Waals surface area contributed by atoms with Crippen LogP contribution >= 0.6 is 0 Å². The Morgan fingerprint density at radius 1 is 1.24 bits per heavy atom. The molecule has 2 aromatic rings. The summed E-state index contributed by atoms with van der Waals surface area (Å²) in [4.78, 5) is 4.05. The van der Waals surface area contributed by atoms with Gasteiger partial charge in [0, 0.05) is 0 Å². The van der Waals surface area contributed by atoms with Crippen LogP contribution in [-0.4, -0.2) is 17.2 Å². The summed E-state index contributed by atoms with van der Waals surface area (Å²) in [6.45, 7) is 5.72. The number of ether oxygens (including phenoxy) is 1. The molecular formula is C17H20FNO2. The van der Waals surface area contributed by atoms with Gasteiger partial charge in [-0.1, -0.05) is 6.92 Å². The van der Waals surface area contributed by atoms with Gasteiger partial charge in [0.25, 0.3) is 0 Å². The summed E-state index contributed by atoms with van der Waals surface area (Å²) >= 11 is 0. The molecule has 0 amide bonds. The lowest BCUT2D eigenvalue weighted by atomic mass is 9.83. The second-order valence-electron chi connectivity index (χ2n) is 5.21. The van der Waals surface area contributed by atoms with Gasteiger partial charge in [-0.15, -0.1) is 0 Å². The second kappa shape index (κ2) is 5.82. The Kier molecular flexibility index (Phi) is 4.28. The number of aromatic nitrogens is 1.